The van der Waals surface area contributed by atoms with E-state index in [0.29, 0.717) is 11.3 Å². The van der Waals surface area contributed by atoms with Gasteiger partial charge in [-0.25, -0.2) is 0 Å². The standard InChI is InChI=1S/C15H25N3O/c16-14-9-15(10-14,11-14)18-7-1-12(2-8-18)17-5-3-13(19)4-6-17/h12H,1-11,16H2. The van der Waals surface area contributed by atoms with Gasteiger partial charge in [-0.05, 0) is 32.1 Å². The summed E-state index contributed by atoms with van der Waals surface area (Å²) in [5.41, 5.74) is 6.91. The number of nitrogens with two attached hydrogens (primary N) is 1. The van der Waals surface area contributed by atoms with Crippen molar-refractivity contribution in [2.45, 2.75) is 62.1 Å². The van der Waals surface area contributed by atoms with E-state index in [-0.39, 0.29) is 5.54 Å². The summed E-state index contributed by atoms with van der Waals surface area (Å²) in [5.74, 6) is 0.454. The summed E-state index contributed by atoms with van der Waals surface area (Å²) in [6.45, 7) is 4.48. The second kappa shape index (κ2) is 4.03. The maximum absolute atomic E-state index is 11.3. The lowest BCUT2D eigenvalue weighted by atomic mass is 9.44. The van der Waals surface area contributed by atoms with Crippen LogP contribution in [0.4, 0.5) is 0 Å². The Morgan fingerprint density at radius 2 is 1.58 bits per heavy atom. The molecule has 0 radical (unpaired) electrons. The zero-order chi connectivity index (χ0) is 13.1. The number of likely N-dealkylation sites (tertiary alicyclic amines) is 2. The van der Waals surface area contributed by atoms with Crippen molar-refractivity contribution in [2.75, 3.05) is 26.2 Å². The second-order valence-electron chi connectivity index (χ2n) is 7.41. The summed E-state index contributed by atoms with van der Waals surface area (Å²) >= 11 is 0. The summed E-state index contributed by atoms with van der Waals surface area (Å²) in [5, 5.41) is 0. The largest absolute Gasteiger partial charge is 0.325 e. The van der Waals surface area contributed by atoms with Crippen LogP contribution >= 0.6 is 0 Å². The summed E-state index contributed by atoms with van der Waals surface area (Å²) in [7, 11) is 0. The Kier molecular flexibility index (Phi) is 2.61. The van der Waals surface area contributed by atoms with E-state index in [9.17, 15) is 4.79 Å². The third-order valence-corrected chi connectivity index (χ3v) is 6.05. The molecule has 4 nitrogen and oxygen atoms in total. The van der Waals surface area contributed by atoms with Crippen LogP contribution in [-0.2, 0) is 4.79 Å². The van der Waals surface area contributed by atoms with Crippen molar-refractivity contribution < 1.29 is 4.79 Å². The van der Waals surface area contributed by atoms with Crippen LogP contribution in [0.5, 0.6) is 0 Å². The van der Waals surface area contributed by atoms with Crippen LogP contribution in [0, 0.1) is 0 Å². The summed E-state index contributed by atoms with van der Waals surface area (Å²) < 4.78 is 0. The molecule has 19 heavy (non-hydrogen) atoms. The van der Waals surface area contributed by atoms with Gasteiger partial charge in [0.1, 0.15) is 5.78 Å². The van der Waals surface area contributed by atoms with E-state index in [0.717, 1.165) is 32.0 Å². The smallest absolute Gasteiger partial charge is 0.135 e. The SMILES string of the molecule is NC12CC(N3CCC(N4CCC(=O)CC4)CC3)(C1)C2. The van der Waals surface area contributed by atoms with Gasteiger partial charge in [0.05, 0.1) is 0 Å². The monoisotopic (exact) mass is 263 g/mol. The molecule has 0 aromatic heterocycles. The fourth-order valence-electron chi connectivity index (χ4n) is 4.99. The third kappa shape index (κ3) is 1.88. The molecule has 0 unspecified atom stereocenters. The van der Waals surface area contributed by atoms with E-state index < -0.39 is 0 Å². The lowest BCUT2D eigenvalue weighted by Gasteiger charge is -2.73. The maximum Gasteiger partial charge on any atom is 0.135 e. The molecule has 2 heterocycles. The molecule has 2 N–H and O–H groups in total. The van der Waals surface area contributed by atoms with Gasteiger partial charge in [-0.3, -0.25) is 14.6 Å². The van der Waals surface area contributed by atoms with Crippen molar-refractivity contribution in [1.29, 1.82) is 0 Å². The molecule has 5 aliphatic rings. The predicted octanol–water partition coefficient (Wildman–Crippen LogP) is 0.749. The van der Waals surface area contributed by atoms with Gasteiger partial charge in [0.15, 0.2) is 0 Å². The fourth-order valence-corrected chi connectivity index (χ4v) is 4.99. The molecule has 5 fully saturated rings. The van der Waals surface area contributed by atoms with E-state index in [2.05, 4.69) is 9.80 Å². The Hall–Kier alpha value is -0.450. The Morgan fingerprint density at radius 1 is 1.00 bits per heavy atom. The molecule has 3 saturated carbocycles. The zero-order valence-electron chi connectivity index (χ0n) is 11.7. The maximum atomic E-state index is 11.3. The number of carbonyl (C=O) groups is 1. The molecule has 0 amide bonds. The van der Waals surface area contributed by atoms with Gasteiger partial charge in [-0.1, -0.05) is 0 Å². The Labute approximate surface area is 115 Å². The van der Waals surface area contributed by atoms with Crippen molar-refractivity contribution in [3.63, 3.8) is 0 Å². The molecule has 5 rings (SSSR count). The van der Waals surface area contributed by atoms with Gasteiger partial charge in [-0.15, -0.1) is 0 Å². The molecule has 2 bridgehead atoms. The Balaban J connectivity index is 1.29. The van der Waals surface area contributed by atoms with Crippen LogP contribution < -0.4 is 5.73 Å². The van der Waals surface area contributed by atoms with Gasteiger partial charge >= 0.3 is 0 Å². The summed E-state index contributed by atoms with van der Waals surface area (Å²) in [6, 6.07) is 0.725. The molecule has 4 heteroatoms. The van der Waals surface area contributed by atoms with Crippen molar-refractivity contribution in [3.05, 3.63) is 0 Å². The number of piperidine rings is 2. The first-order valence-electron chi connectivity index (χ1n) is 7.88. The second-order valence-corrected chi connectivity index (χ2v) is 7.41. The first-order chi connectivity index (χ1) is 9.09. The van der Waals surface area contributed by atoms with Crippen molar-refractivity contribution in [3.8, 4) is 0 Å². The van der Waals surface area contributed by atoms with Gasteiger partial charge < -0.3 is 5.73 Å². The lowest BCUT2D eigenvalue weighted by molar-refractivity contribution is -0.171. The summed E-state index contributed by atoms with van der Waals surface area (Å²) in [6.07, 6.45) is 7.84. The quantitative estimate of drug-likeness (QED) is 0.799. The van der Waals surface area contributed by atoms with E-state index >= 15 is 0 Å². The van der Waals surface area contributed by atoms with E-state index in [4.69, 9.17) is 5.73 Å². The van der Waals surface area contributed by atoms with E-state index in [1.807, 2.05) is 0 Å². The molecular formula is C15H25N3O. The molecule has 0 spiro atoms. The molecule has 0 aromatic carbocycles. The van der Waals surface area contributed by atoms with E-state index in [1.165, 1.54) is 45.2 Å². The fraction of sp³-hybridized carbons (Fsp3) is 0.933. The zero-order valence-corrected chi connectivity index (χ0v) is 11.7. The number of ketones is 1. The van der Waals surface area contributed by atoms with E-state index in [1.54, 1.807) is 0 Å². The highest BCUT2D eigenvalue weighted by atomic mass is 16.1. The highest BCUT2D eigenvalue weighted by Crippen LogP contribution is 2.62. The first-order valence-corrected chi connectivity index (χ1v) is 7.88. The Bertz CT molecular complexity index is 370. The topological polar surface area (TPSA) is 49.6 Å². The molecular weight excluding hydrogens is 238 g/mol. The number of nitrogens with zero attached hydrogens (tertiary/aromatic N) is 2. The van der Waals surface area contributed by atoms with Crippen LogP contribution in [0.2, 0.25) is 0 Å². The molecule has 2 aliphatic heterocycles. The average Bonchev–Trinajstić information content (AvgIpc) is 2.35. The summed E-state index contributed by atoms with van der Waals surface area (Å²) in [4.78, 5) is 16.6. The highest BCUT2D eigenvalue weighted by molar-refractivity contribution is 5.79. The van der Waals surface area contributed by atoms with Gasteiger partial charge in [0, 0.05) is 56.1 Å². The molecule has 0 atom stereocenters. The number of hydrogen-bond acceptors (Lipinski definition) is 4. The van der Waals surface area contributed by atoms with Crippen molar-refractivity contribution in [1.82, 2.24) is 9.80 Å². The third-order valence-electron chi connectivity index (χ3n) is 6.05. The van der Waals surface area contributed by atoms with Crippen LogP contribution in [0.25, 0.3) is 0 Å². The highest BCUT2D eigenvalue weighted by Gasteiger charge is 2.68. The Morgan fingerprint density at radius 3 is 2.11 bits per heavy atom. The first kappa shape index (κ1) is 12.3. The number of Topliss-reactive ketones (excluding diaryl/α,β-unsaturated/α-hetero) is 1. The predicted molar refractivity (Wildman–Crippen MR) is 73.9 cm³/mol. The molecule has 0 aromatic rings. The van der Waals surface area contributed by atoms with Crippen molar-refractivity contribution >= 4 is 5.78 Å². The van der Waals surface area contributed by atoms with Crippen LogP contribution in [0.1, 0.15) is 44.9 Å². The minimum absolute atomic E-state index is 0.226. The number of rotatable bonds is 2. The van der Waals surface area contributed by atoms with Gasteiger partial charge in [-0.2, -0.15) is 0 Å². The molecule has 2 saturated heterocycles. The lowest BCUT2D eigenvalue weighted by Crippen LogP contribution is -2.82. The van der Waals surface area contributed by atoms with Crippen LogP contribution in [0.3, 0.4) is 0 Å². The van der Waals surface area contributed by atoms with Gasteiger partial charge in [0.2, 0.25) is 0 Å². The minimum Gasteiger partial charge on any atom is -0.325 e. The van der Waals surface area contributed by atoms with Crippen LogP contribution in [0.15, 0.2) is 0 Å². The molecule has 106 valence electrons. The number of carbonyl (C=O) groups excluding carboxylic acids is 1. The normalized spacial score (nSPS) is 44.8. The number of hydrogen-bond donors (Lipinski definition) is 1. The molecule has 3 aliphatic carbocycles. The van der Waals surface area contributed by atoms with Crippen LogP contribution in [-0.4, -0.2) is 58.9 Å². The average molecular weight is 263 g/mol. The van der Waals surface area contributed by atoms with Crippen molar-refractivity contribution in [2.24, 2.45) is 5.73 Å². The minimum atomic E-state index is 0.226. The van der Waals surface area contributed by atoms with Gasteiger partial charge in [0.25, 0.3) is 0 Å².